The third kappa shape index (κ3) is 10.8. The standard InChI is InChI=1S/C10H13Br.C10H13.3C4H9.Sn/c1-10(2,3)8-5-4-6-9(11)7-8;1-10(2,3)9-7-5-4-6-8-9;3*1-3-4-2;/h4-7H,1-3H3;4-5,7-8H,1-3H3;3*1,3-4H2,2H3;. The van der Waals surface area contributed by atoms with Crippen LogP contribution in [-0.4, -0.2) is 18.4 Å². The number of hydrogen-bond acceptors (Lipinski definition) is 0. The van der Waals surface area contributed by atoms with Crippen molar-refractivity contribution in [3.63, 3.8) is 0 Å². The van der Waals surface area contributed by atoms with E-state index in [1.165, 1.54) is 44.1 Å². The van der Waals surface area contributed by atoms with Crippen LogP contribution in [0.15, 0.2) is 53.0 Å². The molecule has 0 unspecified atom stereocenters. The number of hydrogen-bond donors (Lipinski definition) is 0. The predicted molar refractivity (Wildman–Crippen MR) is 163 cm³/mol. The Labute approximate surface area is 225 Å². The van der Waals surface area contributed by atoms with E-state index in [4.69, 9.17) is 0 Å². The monoisotopic (exact) mass is 636 g/mol. The molecule has 0 amide bonds. The zero-order chi connectivity index (χ0) is 25.8. The summed E-state index contributed by atoms with van der Waals surface area (Å²) in [5, 5.41) is 0. The first-order valence-corrected chi connectivity index (χ1v) is 22.0. The Balaban J connectivity index is 0.000000437. The van der Waals surface area contributed by atoms with Crippen molar-refractivity contribution in [3.8, 4) is 0 Å². The van der Waals surface area contributed by atoms with Gasteiger partial charge in [0.05, 0.1) is 0 Å². The fourth-order valence-electron chi connectivity index (χ4n) is 4.62. The summed E-state index contributed by atoms with van der Waals surface area (Å²) < 4.78 is 7.68. The Morgan fingerprint density at radius 1 is 0.618 bits per heavy atom. The van der Waals surface area contributed by atoms with Crippen LogP contribution in [0.3, 0.4) is 0 Å². The van der Waals surface area contributed by atoms with Gasteiger partial charge in [-0.15, -0.1) is 0 Å². The molecule has 0 atom stereocenters. The zero-order valence-corrected chi connectivity index (χ0v) is 28.3. The first-order chi connectivity index (χ1) is 15.9. The first-order valence-electron chi connectivity index (χ1n) is 13.8. The van der Waals surface area contributed by atoms with Gasteiger partial charge in [-0.25, -0.2) is 0 Å². The molecule has 0 nitrogen and oxygen atoms in total. The van der Waals surface area contributed by atoms with E-state index >= 15 is 0 Å². The van der Waals surface area contributed by atoms with Crippen molar-refractivity contribution in [2.24, 2.45) is 0 Å². The molecule has 0 saturated carbocycles. The summed E-state index contributed by atoms with van der Waals surface area (Å²) in [6.45, 7) is 20.8. The van der Waals surface area contributed by atoms with Gasteiger partial charge in [0.15, 0.2) is 0 Å². The molecule has 2 aromatic carbocycles. The van der Waals surface area contributed by atoms with Crippen molar-refractivity contribution in [2.75, 3.05) is 0 Å². The minimum atomic E-state index is -2.24. The van der Waals surface area contributed by atoms with Crippen LogP contribution >= 0.6 is 15.9 Å². The summed E-state index contributed by atoms with van der Waals surface area (Å²) >= 11 is 1.21. The Morgan fingerprint density at radius 2 is 1.03 bits per heavy atom. The molecular formula is C32H53BrSn. The topological polar surface area (TPSA) is 0 Å². The molecule has 0 fully saturated rings. The van der Waals surface area contributed by atoms with E-state index in [2.05, 4.69) is 127 Å². The maximum absolute atomic E-state index is 3.45. The third-order valence-electron chi connectivity index (χ3n) is 7.06. The normalized spacial score (nSPS) is 12.3. The average Bonchev–Trinajstić information content (AvgIpc) is 2.78. The van der Waals surface area contributed by atoms with Gasteiger partial charge in [-0.2, -0.15) is 0 Å². The second-order valence-corrected chi connectivity index (χ2v) is 26.3. The molecule has 0 aliphatic rings. The van der Waals surface area contributed by atoms with E-state index in [1.54, 1.807) is 18.9 Å². The molecule has 2 heteroatoms. The van der Waals surface area contributed by atoms with Crippen molar-refractivity contribution < 1.29 is 0 Å². The molecule has 0 saturated heterocycles. The van der Waals surface area contributed by atoms with Gasteiger partial charge in [0, 0.05) is 4.47 Å². The van der Waals surface area contributed by atoms with Crippen LogP contribution in [0, 0.1) is 0 Å². The molecule has 0 heterocycles. The number of benzene rings is 2. The van der Waals surface area contributed by atoms with Crippen molar-refractivity contribution in [3.05, 3.63) is 64.1 Å². The van der Waals surface area contributed by atoms with Crippen LogP contribution in [0.5, 0.6) is 0 Å². The molecule has 2 aromatic rings. The fourth-order valence-corrected chi connectivity index (χ4v) is 21.1. The molecule has 0 aliphatic carbocycles. The molecule has 2 rings (SSSR count). The second kappa shape index (κ2) is 15.1. The van der Waals surface area contributed by atoms with Crippen molar-refractivity contribution >= 4 is 37.9 Å². The number of rotatable bonds is 10. The molecule has 192 valence electrons. The van der Waals surface area contributed by atoms with Crippen molar-refractivity contribution in [1.29, 1.82) is 0 Å². The zero-order valence-electron chi connectivity index (χ0n) is 23.9. The van der Waals surface area contributed by atoms with E-state index in [-0.39, 0.29) is 10.8 Å². The van der Waals surface area contributed by atoms with Crippen LogP contribution < -0.4 is 3.58 Å². The van der Waals surface area contributed by atoms with Crippen LogP contribution in [0.2, 0.25) is 13.3 Å². The predicted octanol–water partition coefficient (Wildman–Crippen LogP) is 10.8. The third-order valence-corrected chi connectivity index (χ3v) is 23.2. The van der Waals surface area contributed by atoms with Gasteiger partial charge in [0.1, 0.15) is 0 Å². The molecule has 0 spiro atoms. The van der Waals surface area contributed by atoms with Crippen molar-refractivity contribution in [1.82, 2.24) is 0 Å². The van der Waals surface area contributed by atoms with Crippen LogP contribution in [-0.2, 0) is 10.8 Å². The number of unbranched alkanes of at least 4 members (excludes halogenated alkanes) is 3. The van der Waals surface area contributed by atoms with Gasteiger partial charge in [-0.05, 0) is 23.1 Å². The Morgan fingerprint density at radius 3 is 1.38 bits per heavy atom. The minimum absolute atomic E-state index is 0.254. The van der Waals surface area contributed by atoms with E-state index < -0.39 is 18.4 Å². The molecule has 0 radical (unpaired) electrons. The quantitative estimate of drug-likeness (QED) is 0.228. The Kier molecular flexibility index (Phi) is 14.1. The van der Waals surface area contributed by atoms with E-state index in [9.17, 15) is 0 Å². The van der Waals surface area contributed by atoms with E-state index in [0.29, 0.717) is 0 Å². The van der Waals surface area contributed by atoms with Gasteiger partial charge in [0.2, 0.25) is 0 Å². The summed E-state index contributed by atoms with van der Waals surface area (Å²) in [6.07, 6.45) is 8.41. The number of halogens is 1. The van der Waals surface area contributed by atoms with Gasteiger partial charge in [0.25, 0.3) is 0 Å². The Bertz CT molecular complexity index is 804. The Hall–Kier alpha value is -0.281. The summed E-state index contributed by atoms with van der Waals surface area (Å²) in [6, 6.07) is 18.3. The van der Waals surface area contributed by atoms with Crippen molar-refractivity contribution in [2.45, 2.75) is 125 Å². The summed E-state index contributed by atoms with van der Waals surface area (Å²) in [7, 11) is 0. The van der Waals surface area contributed by atoms with Gasteiger partial charge < -0.3 is 0 Å². The average molecular weight is 636 g/mol. The summed E-state index contributed by atoms with van der Waals surface area (Å²) in [5.74, 6) is 0. The van der Waals surface area contributed by atoms with Gasteiger partial charge in [-0.1, -0.05) is 48.8 Å². The molecule has 0 N–H and O–H groups in total. The second-order valence-electron chi connectivity index (χ2n) is 12.2. The van der Waals surface area contributed by atoms with Gasteiger partial charge in [-0.3, -0.25) is 0 Å². The van der Waals surface area contributed by atoms with Crippen LogP contribution in [0.1, 0.15) is 112 Å². The molecule has 0 aromatic heterocycles. The first kappa shape index (κ1) is 31.7. The molecular weight excluding hydrogens is 583 g/mol. The van der Waals surface area contributed by atoms with E-state index in [0.717, 1.165) is 4.47 Å². The SMILES string of the molecule is CC(C)(C)c1cccc(Br)c1.CCC[CH2][Sn]([CH2]CCC)([CH2]CCC)[c]1cccc(C(C)(C)C)c1. The van der Waals surface area contributed by atoms with Gasteiger partial charge >= 0.3 is 151 Å². The summed E-state index contributed by atoms with van der Waals surface area (Å²) in [4.78, 5) is 0. The van der Waals surface area contributed by atoms with Crippen LogP contribution in [0.25, 0.3) is 0 Å². The molecule has 0 aliphatic heterocycles. The summed E-state index contributed by atoms with van der Waals surface area (Å²) in [5.41, 5.74) is 3.44. The molecule has 34 heavy (non-hydrogen) atoms. The fraction of sp³-hybridized carbons (Fsp3) is 0.625. The van der Waals surface area contributed by atoms with E-state index in [1.807, 2.05) is 3.58 Å². The van der Waals surface area contributed by atoms with Crippen LogP contribution in [0.4, 0.5) is 0 Å². The maximum atomic E-state index is 3.45. The molecule has 0 bridgehead atoms.